The fourth-order valence-corrected chi connectivity index (χ4v) is 2.84. The van der Waals surface area contributed by atoms with Gasteiger partial charge in [-0.1, -0.05) is 11.8 Å². The second-order valence-electron chi connectivity index (χ2n) is 5.15. The number of nitrogens with zero attached hydrogens (tertiary/aromatic N) is 3. The van der Waals surface area contributed by atoms with Crippen molar-refractivity contribution in [2.45, 2.75) is 31.5 Å². The lowest BCUT2D eigenvalue weighted by Crippen LogP contribution is -2.43. The first kappa shape index (κ1) is 17.9. The summed E-state index contributed by atoms with van der Waals surface area (Å²) < 4.78 is 4.74. The molecule has 2 aromatic rings. The number of carbonyl (C=O) groups is 2. The Labute approximate surface area is 143 Å². The van der Waals surface area contributed by atoms with Gasteiger partial charge in [-0.15, -0.1) is 0 Å². The van der Waals surface area contributed by atoms with E-state index in [0.717, 1.165) is 17.1 Å². The van der Waals surface area contributed by atoms with E-state index < -0.39 is 12.0 Å². The number of methoxy groups -OCH3 is 1. The number of aromatic nitrogens is 4. The number of carbonyl (C=O) groups excluding carboxylic acids is 2. The quantitative estimate of drug-likeness (QED) is 0.432. The van der Waals surface area contributed by atoms with Crippen LogP contribution in [-0.4, -0.2) is 50.7 Å². The van der Waals surface area contributed by atoms with Crippen molar-refractivity contribution in [1.82, 2.24) is 25.3 Å². The van der Waals surface area contributed by atoms with E-state index in [4.69, 9.17) is 4.74 Å². The lowest BCUT2D eigenvalue weighted by Gasteiger charge is -2.15. The second-order valence-corrected chi connectivity index (χ2v) is 6.09. The van der Waals surface area contributed by atoms with Crippen LogP contribution in [0.5, 0.6) is 0 Å². The Morgan fingerprint density at radius 1 is 1.33 bits per heavy atom. The van der Waals surface area contributed by atoms with Gasteiger partial charge in [0.05, 0.1) is 19.2 Å². The second kappa shape index (κ2) is 8.44. The molecule has 0 radical (unpaired) electrons. The summed E-state index contributed by atoms with van der Waals surface area (Å²) in [6.07, 6.45) is 3.39. The molecule has 0 spiro atoms. The number of hydrogen-bond acceptors (Lipinski definition) is 7. The van der Waals surface area contributed by atoms with Crippen molar-refractivity contribution in [3.8, 4) is 0 Å². The van der Waals surface area contributed by atoms with E-state index in [1.54, 1.807) is 6.20 Å². The van der Waals surface area contributed by atoms with E-state index in [9.17, 15) is 9.59 Å². The maximum atomic E-state index is 12.1. The molecule has 9 heteroatoms. The Hall–Kier alpha value is -2.42. The number of aryl methyl sites for hydroxylation is 2. The van der Waals surface area contributed by atoms with Gasteiger partial charge >= 0.3 is 5.97 Å². The molecule has 0 aliphatic heterocycles. The first-order valence-electron chi connectivity index (χ1n) is 7.27. The van der Waals surface area contributed by atoms with Crippen LogP contribution in [0.2, 0.25) is 0 Å². The molecule has 0 saturated heterocycles. The predicted molar refractivity (Wildman–Crippen MR) is 88.5 cm³/mol. The molecule has 0 aliphatic carbocycles. The van der Waals surface area contributed by atoms with Crippen LogP contribution in [0.4, 0.5) is 0 Å². The van der Waals surface area contributed by atoms with Gasteiger partial charge in [-0.2, -0.15) is 0 Å². The molecular weight excluding hydrogens is 330 g/mol. The molecule has 0 saturated carbocycles. The molecular formula is C15H19N5O3S. The van der Waals surface area contributed by atoms with Crippen LogP contribution in [0.15, 0.2) is 23.7 Å². The number of H-pyrrole nitrogens is 1. The molecule has 0 aliphatic rings. The molecule has 1 atom stereocenters. The van der Waals surface area contributed by atoms with E-state index in [0.29, 0.717) is 5.16 Å². The zero-order valence-corrected chi connectivity index (χ0v) is 14.5. The van der Waals surface area contributed by atoms with Gasteiger partial charge in [0.1, 0.15) is 6.04 Å². The molecule has 2 rings (SSSR count). The van der Waals surface area contributed by atoms with Gasteiger partial charge in [-0.3, -0.25) is 4.79 Å². The monoisotopic (exact) mass is 349 g/mol. The highest BCUT2D eigenvalue weighted by Crippen LogP contribution is 2.13. The van der Waals surface area contributed by atoms with Crippen LogP contribution in [0.1, 0.15) is 17.1 Å². The molecule has 0 bridgehead atoms. The number of amides is 1. The first-order valence-corrected chi connectivity index (χ1v) is 8.26. The lowest BCUT2D eigenvalue weighted by molar-refractivity contribution is -0.144. The number of aromatic amines is 1. The van der Waals surface area contributed by atoms with Crippen LogP contribution in [-0.2, 0) is 20.7 Å². The van der Waals surface area contributed by atoms with Crippen LogP contribution < -0.4 is 5.32 Å². The third kappa shape index (κ3) is 5.34. The van der Waals surface area contributed by atoms with Crippen molar-refractivity contribution in [1.29, 1.82) is 0 Å². The molecule has 2 aromatic heterocycles. The van der Waals surface area contributed by atoms with Gasteiger partial charge < -0.3 is 15.0 Å². The maximum absolute atomic E-state index is 12.1. The Kier molecular flexibility index (Phi) is 6.30. The Bertz CT molecular complexity index is 685. The van der Waals surface area contributed by atoms with Crippen molar-refractivity contribution < 1.29 is 14.3 Å². The number of imidazole rings is 1. The highest BCUT2D eigenvalue weighted by atomic mass is 32.2. The number of hydrogen-bond donors (Lipinski definition) is 2. The number of nitrogens with one attached hydrogen (secondary N) is 2. The van der Waals surface area contributed by atoms with Gasteiger partial charge in [-0.25, -0.2) is 19.7 Å². The topological polar surface area (TPSA) is 110 Å². The van der Waals surface area contributed by atoms with Gasteiger partial charge in [0.2, 0.25) is 5.91 Å². The van der Waals surface area contributed by atoms with Crippen molar-refractivity contribution in [3.63, 3.8) is 0 Å². The lowest BCUT2D eigenvalue weighted by atomic mass is 10.1. The minimum Gasteiger partial charge on any atom is -0.467 e. The molecule has 0 unspecified atom stereocenters. The third-order valence-corrected chi connectivity index (χ3v) is 3.94. The molecule has 24 heavy (non-hydrogen) atoms. The normalized spacial score (nSPS) is 11.8. The summed E-state index contributed by atoms with van der Waals surface area (Å²) in [5.74, 6) is -0.692. The molecule has 0 aromatic carbocycles. The van der Waals surface area contributed by atoms with Gasteiger partial charge in [-0.05, 0) is 19.9 Å². The Morgan fingerprint density at radius 3 is 2.62 bits per heavy atom. The van der Waals surface area contributed by atoms with Crippen LogP contribution in [0.25, 0.3) is 0 Å². The maximum Gasteiger partial charge on any atom is 0.328 e. The predicted octanol–water partition coefficient (Wildman–Crippen LogP) is 0.809. The molecule has 2 N–H and O–H groups in total. The SMILES string of the molecule is COC(=O)[C@@H](Cc1cnc[nH]1)NC(=O)CSc1nc(C)cc(C)n1. The van der Waals surface area contributed by atoms with Crippen molar-refractivity contribution in [2.75, 3.05) is 12.9 Å². The number of esters is 1. The molecule has 8 nitrogen and oxygen atoms in total. The van der Waals surface area contributed by atoms with Gasteiger partial charge in [0, 0.05) is 29.7 Å². The first-order chi connectivity index (χ1) is 11.5. The average molecular weight is 349 g/mol. The highest BCUT2D eigenvalue weighted by molar-refractivity contribution is 7.99. The number of thioether (sulfide) groups is 1. The summed E-state index contributed by atoms with van der Waals surface area (Å²) in [5.41, 5.74) is 2.42. The average Bonchev–Trinajstić information content (AvgIpc) is 3.03. The molecule has 128 valence electrons. The van der Waals surface area contributed by atoms with E-state index in [1.165, 1.54) is 25.2 Å². The zero-order chi connectivity index (χ0) is 17.5. The minimum absolute atomic E-state index is 0.110. The van der Waals surface area contributed by atoms with Crippen molar-refractivity contribution in [3.05, 3.63) is 35.7 Å². The number of ether oxygens (including phenoxy) is 1. The third-order valence-electron chi connectivity index (χ3n) is 3.09. The number of rotatable bonds is 7. The van der Waals surface area contributed by atoms with E-state index >= 15 is 0 Å². The standard InChI is InChI=1S/C15H19N5O3S/c1-9-4-10(2)19-15(18-9)24-7-13(21)20-12(14(22)23-3)5-11-6-16-8-17-11/h4,6,8,12H,5,7H2,1-3H3,(H,16,17)(H,20,21)/t12-/m1/s1. The fraction of sp³-hybridized carbons (Fsp3) is 0.400. The van der Waals surface area contributed by atoms with Gasteiger partial charge in [0.15, 0.2) is 5.16 Å². The van der Waals surface area contributed by atoms with Crippen molar-refractivity contribution >= 4 is 23.6 Å². The van der Waals surface area contributed by atoms with E-state index in [1.807, 2.05) is 19.9 Å². The highest BCUT2D eigenvalue weighted by Gasteiger charge is 2.22. The summed E-state index contributed by atoms with van der Waals surface area (Å²) in [6, 6.07) is 1.09. The summed E-state index contributed by atoms with van der Waals surface area (Å²) in [7, 11) is 1.28. The summed E-state index contributed by atoms with van der Waals surface area (Å²) >= 11 is 1.22. The largest absolute Gasteiger partial charge is 0.467 e. The van der Waals surface area contributed by atoms with Crippen LogP contribution in [0.3, 0.4) is 0 Å². The fourth-order valence-electron chi connectivity index (χ4n) is 2.08. The van der Waals surface area contributed by atoms with Crippen LogP contribution >= 0.6 is 11.8 Å². The smallest absolute Gasteiger partial charge is 0.328 e. The van der Waals surface area contributed by atoms with E-state index in [-0.39, 0.29) is 18.1 Å². The minimum atomic E-state index is -0.774. The summed E-state index contributed by atoms with van der Waals surface area (Å²) in [4.78, 5) is 39.3. The van der Waals surface area contributed by atoms with E-state index in [2.05, 4.69) is 25.3 Å². The van der Waals surface area contributed by atoms with Gasteiger partial charge in [0.25, 0.3) is 0 Å². The molecule has 0 fully saturated rings. The molecule has 1 amide bonds. The summed E-state index contributed by atoms with van der Waals surface area (Å²) in [5, 5.41) is 3.20. The Balaban J connectivity index is 1.93. The zero-order valence-electron chi connectivity index (χ0n) is 13.7. The van der Waals surface area contributed by atoms with Crippen LogP contribution in [0, 0.1) is 13.8 Å². The Morgan fingerprint density at radius 2 is 2.04 bits per heavy atom. The molecule has 2 heterocycles. The summed E-state index contributed by atoms with van der Waals surface area (Å²) in [6.45, 7) is 3.74. The van der Waals surface area contributed by atoms with Crippen molar-refractivity contribution in [2.24, 2.45) is 0 Å².